The lowest BCUT2D eigenvalue weighted by Crippen LogP contribution is -1.97. The normalized spacial score (nSPS) is 9.35. The van der Waals surface area contributed by atoms with Gasteiger partial charge in [-0.15, -0.1) is 0 Å². The summed E-state index contributed by atoms with van der Waals surface area (Å²) in [5.74, 6) is -0.670. The molecule has 5 N–H and O–H groups in total. The molecule has 0 heterocycles. The number of carboxylic acid groups (broad SMARTS) is 1. The lowest BCUT2D eigenvalue weighted by Gasteiger charge is -1.96. The van der Waals surface area contributed by atoms with Gasteiger partial charge in [-0.3, -0.25) is 4.79 Å². The highest BCUT2D eigenvalue weighted by Gasteiger charge is 1.94. The van der Waals surface area contributed by atoms with E-state index >= 15 is 0 Å². The highest BCUT2D eigenvalue weighted by molar-refractivity contribution is 5.66. The van der Waals surface area contributed by atoms with Crippen molar-refractivity contribution < 1.29 is 15.4 Å². The first-order valence-corrected chi connectivity index (χ1v) is 8.10. The topological polar surface area (TPSA) is 94.8 Å². The Balaban J connectivity index is -0.000000277. The van der Waals surface area contributed by atoms with Gasteiger partial charge in [-0.05, 0) is 19.4 Å². The van der Waals surface area contributed by atoms with Crippen molar-refractivity contribution in [2.45, 2.75) is 90.9 Å². The van der Waals surface area contributed by atoms with E-state index in [0.29, 0.717) is 6.42 Å². The second-order valence-corrected chi connectivity index (χ2v) is 5.11. The molecule has 20 heavy (non-hydrogen) atoms. The molecule has 0 aliphatic rings. The van der Waals surface area contributed by atoms with Crippen LogP contribution in [0.2, 0.25) is 0 Å². The van der Waals surface area contributed by atoms with Crippen LogP contribution in [0.4, 0.5) is 0 Å². The van der Waals surface area contributed by atoms with Gasteiger partial charge in [0.25, 0.3) is 0 Å². The summed E-state index contributed by atoms with van der Waals surface area (Å²) in [6, 6.07) is 0. The summed E-state index contributed by atoms with van der Waals surface area (Å²) >= 11 is 0. The zero-order valence-corrected chi connectivity index (χ0v) is 13.6. The van der Waals surface area contributed by atoms with Crippen molar-refractivity contribution >= 4 is 5.97 Å². The Morgan fingerprint density at radius 2 is 1.20 bits per heavy atom. The molecule has 0 fully saturated rings. The summed E-state index contributed by atoms with van der Waals surface area (Å²) in [5.41, 5.74) is 5.34. The second-order valence-electron chi connectivity index (χ2n) is 5.11. The molecular weight excluding hydrogens is 254 g/mol. The van der Waals surface area contributed by atoms with Crippen LogP contribution in [0.15, 0.2) is 0 Å². The molecule has 0 aromatic heterocycles. The van der Waals surface area contributed by atoms with Crippen molar-refractivity contribution in [1.29, 1.82) is 0 Å². The number of aliphatic carboxylic acids is 1. The maximum absolute atomic E-state index is 10.0. The van der Waals surface area contributed by atoms with Crippen LogP contribution in [-0.4, -0.2) is 23.1 Å². The van der Waals surface area contributed by atoms with Crippen LogP contribution in [-0.2, 0) is 4.79 Å². The van der Waals surface area contributed by atoms with E-state index in [1.54, 1.807) is 0 Å². The monoisotopic (exact) mass is 291 g/mol. The molecule has 0 amide bonds. The van der Waals surface area contributed by atoms with Gasteiger partial charge in [0.1, 0.15) is 0 Å². The molecule has 0 atom stereocenters. The van der Waals surface area contributed by atoms with E-state index in [0.717, 1.165) is 19.4 Å². The first kappa shape index (κ1) is 24.4. The molecule has 0 aliphatic heterocycles. The highest BCUT2D eigenvalue weighted by atomic mass is 16.4. The Morgan fingerprint density at radius 3 is 1.60 bits per heavy atom. The van der Waals surface area contributed by atoms with Gasteiger partial charge in [0, 0.05) is 6.42 Å². The molecule has 0 saturated carbocycles. The Morgan fingerprint density at radius 1 is 0.800 bits per heavy atom. The second kappa shape index (κ2) is 23.5. The third-order valence-electron chi connectivity index (χ3n) is 3.05. The van der Waals surface area contributed by atoms with Gasteiger partial charge in [0.15, 0.2) is 0 Å². The maximum atomic E-state index is 10.0. The summed E-state index contributed by atoms with van der Waals surface area (Å²) < 4.78 is 0. The molecule has 124 valence electrons. The van der Waals surface area contributed by atoms with Gasteiger partial charge in [0.2, 0.25) is 0 Å². The molecule has 0 saturated heterocycles. The van der Waals surface area contributed by atoms with Crippen molar-refractivity contribution in [1.82, 2.24) is 0 Å². The number of hydrogen-bond donors (Lipinski definition) is 2. The molecule has 0 rings (SSSR count). The first-order chi connectivity index (χ1) is 9.18. The smallest absolute Gasteiger partial charge is 0.303 e. The van der Waals surface area contributed by atoms with Gasteiger partial charge in [-0.1, -0.05) is 71.6 Å². The maximum Gasteiger partial charge on any atom is 0.303 e. The molecular formula is C16H37NO3. The van der Waals surface area contributed by atoms with E-state index < -0.39 is 5.97 Å². The summed E-state index contributed by atoms with van der Waals surface area (Å²) in [7, 11) is 0. The standard InChI is InChI=1S/C8H19N.C8H16O2.H2O/c1-2-3-4-5-6-7-8-9;1-2-3-4-5-6-7-8(9)10;/h2-9H2,1H3;2-7H2,1H3,(H,9,10);1H2. The van der Waals surface area contributed by atoms with Crippen LogP contribution < -0.4 is 5.73 Å². The van der Waals surface area contributed by atoms with Crippen LogP contribution in [0.25, 0.3) is 0 Å². The quantitative estimate of drug-likeness (QED) is 0.533. The zero-order chi connectivity index (χ0) is 14.8. The van der Waals surface area contributed by atoms with E-state index in [4.69, 9.17) is 10.8 Å². The number of rotatable bonds is 12. The van der Waals surface area contributed by atoms with Gasteiger partial charge in [0.05, 0.1) is 0 Å². The Hall–Kier alpha value is -0.610. The van der Waals surface area contributed by atoms with E-state index in [1.165, 1.54) is 57.8 Å². The average molecular weight is 291 g/mol. The van der Waals surface area contributed by atoms with Crippen LogP contribution in [0.3, 0.4) is 0 Å². The SMILES string of the molecule is CCCCCCCC(=O)O.CCCCCCCCN.O. The lowest BCUT2D eigenvalue weighted by molar-refractivity contribution is -0.137. The lowest BCUT2D eigenvalue weighted by atomic mass is 10.1. The van der Waals surface area contributed by atoms with Gasteiger partial charge in [-0.2, -0.15) is 0 Å². The Labute approximate surface area is 125 Å². The largest absolute Gasteiger partial charge is 0.481 e. The number of carbonyl (C=O) groups is 1. The molecule has 0 unspecified atom stereocenters. The average Bonchev–Trinajstić information content (AvgIpc) is 2.39. The fraction of sp³-hybridized carbons (Fsp3) is 0.938. The minimum absolute atomic E-state index is 0. The summed E-state index contributed by atoms with van der Waals surface area (Å²) in [6.45, 7) is 5.26. The van der Waals surface area contributed by atoms with Crippen LogP contribution in [0.1, 0.15) is 90.9 Å². The van der Waals surface area contributed by atoms with Crippen molar-refractivity contribution in [2.75, 3.05) is 6.54 Å². The van der Waals surface area contributed by atoms with E-state index in [1.807, 2.05) is 0 Å². The van der Waals surface area contributed by atoms with Gasteiger partial charge in [-0.25, -0.2) is 0 Å². The van der Waals surface area contributed by atoms with Crippen molar-refractivity contribution in [3.8, 4) is 0 Å². The molecule has 0 radical (unpaired) electrons. The van der Waals surface area contributed by atoms with E-state index in [2.05, 4.69) is 13.8 Å². The summed E-state index contributed by atoms with van der Waals surface area (Å²) in [5, 5.41) is 8.27. The Kier molecular flexibility index (Phi) is 28.7. The number of carboxylic acids is 1. The predicted molar refractivity (Wildman–Crippen MR) is 87.1 cm³/mol. The first-order valence-electron chi connectivity index (χ1n) is 8.10. The van der Waals surface area contributed by atoms with Crippen LogP contribution in [0.5, 0.6) is 0 Å². The minimum Gasteiger partial charge on any atom is -0.481 e. The molecule has 0 aromatic rings. The fourth-order valence-corrected chi connectivity index (χ4v) is 1.80. The fourth-order valence-electron chi connectivity index (χ4n) is 1.80. The summed E-state index contributed by atoms with van der Waals surface area (Å²) in [4.78, 5) is 10.0. The highest BCUT2D eigenvalue weighted by Crippen LogP contribution is 2.04. The third-order valence-corrected chi connectivity index (χ3v) is 3.05. The van der Waals surface area contributed by atoms with Gasteiger partial charge >= 0.3 is 5.97 Å². The zero-order valence-electron chi connectivity index (χ0n) is 13.6. The molecule has 4 heteroatoms. The predicted octanol–water partition coefficient (Wildman–Crippen LogP) is 3.91. The molecule has 0 aliphatic carbocycles. The van der Waals surface area contributed by atoms with Crippen molar-refractivity contribution in [3.05, 3.63) is 0 Å². The van der Waals surface area contributed by atoms with Crippen molar-refractivity contribution in [3.63, 3.8) is 0 Å². The van der Waals surface area contributed by atoms with E-state index in [9.17, 15) is 4.79 Å². The number of unbranched alkanes of at least 4 members (excludes halogenated alkanes) is 9. The van der Waals surface area contributed by atoms with Crippen molar-refractivity contribution in [2.24, 2.45) is 5.73 Å². The minimum atomic E-state index is -0.670. The molecule has 0 spiro atoms. The molecule has 4 nitrogen and oxygen atoms in total. The van der Waals surface area contributed by atoms with Gasteiger partial charge < -0.3 is 16.3 Å². The Bertz CT molecular complexity index is 169. The third kappa shape index (κ3) is 30.4. The van der Waals surface area contributed by atoms with Crippen LogP contribution in [0, 0.1) is 0 Å². The summed E-state index contributed by atoms with van der Waals surface area (Å²) in [6.07, 6.45) is 13.9. The molecule has 0 bridgehead atoms. The number of hydrogen-bond acceptors (Lipinski definition) is 2. The number of nitrogens with two attached hydrogens (primary N) is 1. The van der Waals surface area contributed by atoms with E-state index in [-0.39, 0.29) is 5.48 Å². The molecule has 0 aromatic carbocycles. The van der Waals surface area contributed by atoms with Crippen LogP contribution >= 0.6 is 0 Å².